The first kappa shape index (κ1) is 17.9. The molecule has 0 bridgehead atoms. The van der Waals surface area contributed by atoms with Crippen molar-refractivity contribution in [3.63, 3.8) is 0 Å². The number of nitrogens with zero attached hydrogens (tertiary/aromatic N) is 5. The van der Waals surface area contributed by atoms with Crippen molar-refractivity contribution in [2.24, 2.45) is 0 Å². The van der Waals surface area contributed by atoms with Gasteiger partial charge in [-0.15, -0.1) is 21.5 Å². The molecule has 4 rings (SSSR count). The van der Waals surface area contributed by atoms with Crippen LogP contribution in [0, 0.1) is 0 Å². The molecule has 9 heteroatoms. The molecule has 0 N–H and O–H groups in total. The molecular weight excluding hydrogens is 382 g/mol. The maximum absolute atomic E-state index is 5.41. The van der Waals surface area contributed by atoms with Crippen LogP contribution >= 0.6 is 23.1 Å². The average molecular weight is 400 g/mol. The summed E-state index contributed by atoms with van der Waals surface area (Å²) in [4.78, 5) is 8.70. The van der Waals surface area contributed by atoms with Crippen LogP contribution in [0.15, 0.2) is 57.9 Å². The van der Waals surface area contributed by atoms with Crippen LogP contribution in [0.1, 0.15) is 5.69 Å². The molecule has 0 saturated carbocycles. The van der Waals surface area contributed by atoms with Gasteiger partial charge in [-0.2, -0.15) is 0 Å². The topological polar surface area (TPSA) is 78.9 Å². The summed E-state index contributed by atoms with van der Waals surface area (Å²) < 4.78 is 12.7. The van der Waals surface area contributed by atoms with Gasteiger partial charge in [-0.1, -0.05) is 11.8 Å². The van der Waals surface area contributed by atoms with Gasteiger partial charge in [0.05, 0.1) is 25.1 Å². The molecule has 0 radical (unpaired) electrons. The highest BCUT2D eigenvalue weighted by atomic mass is 32.2. The second-order valence-corrected chi connectivity index (χ2v) is 7.40. The quantitative estimate of drug-likeness (QED) is 0.414. The lowest BCUT2D eigenvalue weighted by atomic mass is 10.2. The molecule has 27 heavy (non-hydrogen) atoms. The smallest absolute Gasteiger partial charge is 0.191 e. The number of hydrogen-bond acceptors (Lipinski definition) is 8. The molecule has 0 aliphatic heterocycles. The Morgan fingerprint density at radius 3 is 2.89 bits per heavy atom. The molecular formula is C18H17N5O2S2. The number of rotatable bonds is 8. The van der Waals surface area contributed by atoms with E-state index in [-0.39, 0.29) is 0 Å². The molecule has 4 heterocycles. The summed E-state index contributed by atoms with van der Waals surface area (Å²) in [6, 6.07) is 7.64. The van der Waals surface area contributed by atoms with Crippen LogP contribution in [0.5, 0.6) is 0 Å². The van der Waals surface area contributed by atoms with Crippen molar-refractivity contribution >= 4 is 23.1 Å². The largest absolute Gasteiger partial charge is 0.462 e. The third-order valence-corrected chi connectivity index (χ3v) is 5.71. The highest BCUT2D eigenvalue weighted by Crippen LogP contribution is 2.29. The number of furan rings is 1. The van der Waals surface area contributed by atoms with E-state index in [0.717, 1.165) is 33.0 Å². The lowest BCUT2D eigenvalue weighted by Crippen LogP contribution is -2.07. The van der Waals surface area contributed by atoms with E-state index in [1.807, 2.05) is 29.6 Å². The number of aromatic nitrogens is 5. The van der Waals surface area contributed by atoms with Gasteiger partial charge < -0.3 is 9.15 Å². The molecule has 0 spiro atoms. The summed E-state index contributed by atoms with van der Waals surface area (Å²) in [5, 5.41) is 12.5. The molecule has 0 atom stereocenters. The van der Waals surface area contributed by atoms with Crippen LogP contribution < -0.4 is 0 Å². The van der Waals surface area contributed by atoms with Gasteiger partial charge in [-0.25, -0.2) is 4.98 Å². The zero-order chi connectivity index (χ0) is 18.5. The lowest BCUT2D eigenvalue weighted by molar-refractivity contribution is 0.185. The van der Waals surface area contributed by atoms with Gasteiger partial charge in [0.25, 0.3) is 0 Å². The van der Waals surface area contributed by atoms with Crippen molar-refractivity contribution in [1.82, 2.24) is 24.7 Å². The van der Waals surface area contributed by atoms with Gasteiger partial charge in [0.2, 0.25) is 0 Å². The van der Waals surface area contributed by atoms with Crippen LogP contribution in [0.25, 0.3) is 22.2 Å². The maximum atomic E-state index is 5.41. The fraction of sp³-hybridized carbons (Fsp3) is 0.222. The van der Waals surface area contributed by atoms with E-state index in [0.29, 0.717) is 18.9 Å². The van der Waals surface area contributed by atoms with Gasteiger partial charge in [-0.3, -0.25) is 9.55 Å². The fourth-order valence-electron chi connectivity index (χ4n) is 2.52. The second-order valence-electron chi connectivity index (χ2n) is 5.60. The summed E-state index contributed by atoms with van der Waals surface area (Å²) in [6.45, 7) is 1.27. The molecule has 0 aliphatic rings. The molecule has 0 fully saturated rings. The van der Waals surface area contributed by atoms with E-state index in [1.165, 1.54) is 0 Å². The van der Waals surface area contributed by atoms with Crippen molar-refractivity contribution in [2.45, 2.75) is 17.5 Å². The Morgan fingerprint density at radius 2 is 2.11 bits per heavy atom. The Bertz CT molecular complexity index is 983. The Hall–Kier alpha value is -2.49. The molecule has 7 nitrogen and oxygen atoms in total. The Balaban J connectivity index is 1.52. The van der Waals surface area contributed by atoms with Gasteiger partial charge in [-0.05, 0) is 24.3 Å². The maximum Gasteiger partial charge on any atom is 0.191 e. The van der Waals surface area contributed by atoms with E-state index >= 15 is 0 Å². The average Bonchev–Trinajstić information content (AvgIpc) is 3.45. The van der Waals surface area contributed by atoms with E-state index in [4.69, 9.17) is 9.15 Å². The third kappa shape index (κ3) is 4.10. The van der Waals surface area contributed by atoms with E-state index < -0.39 is 0 Å². The summed E-state index contributed by atoms with van der Waals surface area (Å²) in [7, 11) is 1.69. The second kappa shape index (κ2) is 8.47. The zero-order valence-corrected chi connectivity index (χ0v) is 16.2. The predicted octanol–water partition coefficient (Wildman–Crippen LogP) is 4.00. The van der Waals surface area contributed by atoms with E-state index in [1.54, 1.807) is 48.9 Å². The molecule has 138 valence electrons. The standard InChI is InChI=1S/C18H17N5O2S2/c1-24-10-8-23-16(13-4-6-19-7-5-13)21-22-18(23)27-12-14-11-26-17(20-14)15-3-2-9-25-15/h2-7,9,11H,8,10,12H2,1H3. The molecule has 0 aromatic carbocycles. The minimum Gasteiger partial charge on any atom is -0.462 e. The highest BCUT2D eigenvalue weighted by Gasteiger charge is 2.15. The highest BCUT2D eigenvalue weighted by molar-refractivity contribution is 7.98. The Kier molecular flexibility index (Phi) is 5.61. The van der Waals surface area contributed by atoms with Gasteiger partial charge in [0.1, 0.15) is 0 Å². The van der Waals surface area contributed by atoms with Crippen molar-refractivity contribution in [3.8, 4) is 22.2 Å². The minimum atomic E-state index is 0.586. The van der Waals surface area contributed by atoms with Crippen LogP contribution in [0.4, 0.5) is 0 Å². The van der Waals surface area contributed by atoms with Crippen molar-refractivity contribution < 1.29 is 9.15 Å². The van der Waals surface area contributed by atoms with Crippen LogP contribution in [-0.4, -0.2) is 38.4 Å². The van der Waals surface area contributed by atoms with E-state index in [2.05, 4.69) is 24.7 Å². The molecule has 0 unspecified atom stereocenters. The SMILES string of the molecule is COCCn1c(SCc2csc(-c3ccco3)n2)nnc1-c1ccncc1. The molecule has 0 saturated heterocycles. The van der Waals surface area contributed by atoms with Crippen LogP contribution in [-0.2, 0) is 17.0 Å². The normalized spacial score (nSPS) is 11.1. The molecule has 4 aromatic rings. The summed E-state index contributed by atoms with van der Waals surface area (Å²) >= 11 is 3.18. The fourth-order valence-corrected chi connectivity index (χ4v) is 4.27. The Labute approximate surface area is 164 Å². The monoisotopic (exact) mass is 399 g/mol. The van der Waals surface area contributed by atoms with Crippen molar-refractivity contribution in [3.05, 3.63) is 54.0 Å². The summed E-state index contributed by atoms with van der Waals surface area (Å²) in [5.74, 6) is 2.31. The molecule has 0 aliphatic carbocycles. The first-order valence-electron chi connectivity index (χ1n) is 8.29. The number of thiazole rings is 1. The van der Waals surface area contributed by atoms with Crippen molar-refractivity contribution in [1.29, 1.82) is 0 Å². The van der Waals surface area contributed by atoms with Gasteiger partial charge >= 0.3 is 0 Å². The summed E-state index contributed by atoms with van der Waals surface area (Å²) in [5.41, 5.74) is 1.97. The van der Waals surface area contributed by atoms with Crippen LogP contribution in [0.2, 0.25) is 0 Å². The number of thioether (sulfide) groups is 1. The molecule has 4 aromatic heterocycles. The van der Waals surface area contributed by atoms with Gasteiger partial charge in [0.15, 0.2) is 21.7 Å². The van der Waals surface area contributed by atoms with E-state index in [9.17, 15) is 0 Å². The third-order valence-electron chi connectivity index (χ3n) is 3.81. The van der Waals surface area contributed by atoms with Crippen LogP contribution in [0.3, 0.4) is 0 Å². The number of hydrogen-bond donors (Lipinski definition) is 0. The van der Waals surface area contributed by atoms with Crippen molar-refractivity contribution in [2.75, 3.05) is 13.7 Å². The minimum absolute atomic E-state index is 0.586. The first-order valence-corrected chi connectivity index (χ1v) is 10.2. The van der Waals surface area contributed by atoms with Gasteiger partial charge in [0, 0.05) is 36.2 Å². The zero-order valence-electron chi connectivity index (χ0n) is 14.6. The molecule has 0 amide bonds. The summed E-state index contributed by atoms with van der Waals surface area (Å²) in [6.07, 6.45) is 5.16. The first-order chi connectivity index (χ1) is 13.3. The number of ether oxygens (including phenoxy) is 1. The number of methoxy groups -OCH3 is 1. The predicted molar refractivity (Wildman–Crippen MR) is 105 cm³/mol. The lowest BCUT2D eigenvalue weighted by Gasteiger charge is -2.09. The Morgan fingerprint density at radius 1 is 1.22 bits per heavy atom. The number of pyridine rings is 1.